The number of thiophene rings is 1. The van der Waals surface area contributed by atoms with Crippen molar-refractivity contribution in [3.8, 4) is 0 Å². The molecule has 0 bridgehead atoms. The van der Waals surface area contributed by atoms with E-state index in [-0.39, 0.29) is 24.9 Å². The Labute approximate surface area is 206 Å². The first-order valence-electron chi connectivity index (χ1n) is 12.3. The van der Waals surface area contributed by atoms with Gasteiger partial charge in [0.2, 0.25) is 5.91 Å². The van der Waals surface area contributed by atoms with Crippen molar-refractivity contribution in [2.75, 3.05) is 13.2 Å². The molecule has 2 aliphatic carbocycles. The molecular weight excluding hydrogens is 446 g/mol. The highest BCUT2D eigenvalue weighted by molar-refractivity contribution is 7.14. The second kappa shape index (κ2) is 9.56. The Morgan fingerprint density at radius 3 is 2.35 bits per heavy atom. The van der Waals surface area contributed by atoms with E-state index < -0.39 is 6.04 Å². The van der Waals surface area contributed by atoms with Crippen LogP contribution in [0.2, 0.25) is 0 Å². The van der Waals surface area contributed by atoms with E-state index in [1.165, 1.54) is 16.0 Å². The third-order valence-electron chi connectivity index (χ3n) is 8.08. The van der Waals surface area contributed by atoms with Crippen LogP contribution in [0.5, 0.6) is 0 Å². The van der Waals surface area contributed by atoms with Gasteiger partial charge < -0.3 is 15.5 Å². The molecule has 184 valence electrons. The molecule has 1 amide bonds. The van der Waals surface area contributed by atoms with Crippen molar-refractivity contribution in [3.05, 3.63) is 55.3 Å². The molecule has 0 unspecified atom stereocenters. The molecule has 34 heavy (non-hydrogen) atoms. The van der Waals surface area contributed by atoms with Crippen molar-refractivity contribution in [2.45, 2.75) is 78.7 Å². The van der Waals surface area contributed by atoms with E-state index in [1.54, 1.807) is 11.3 Å². The molecule has 5 nitrogen and oxygen atoms in total. The molecule has 3 N–H and O–H groups in total. The third-order valence-corrected chi connectivity index (χ3v) is 9.28. The fraction of sp³-hybridized carbons (Fsp3) is 0.571. The predicted octanol–water partition coefficient (Wildman–Crippen LogP) is 4.19. The van der Waals surface area contributed by atoms with E-state index in [0.717, 1.165) is 40.0 Å². The Balaban J connectivity index is 1.37. The van der Waals surface area contributed by atoms with Crippen molar-refractivity contribution in [1.82, 2.24) is 5.32 Å². The summed E-state index contributed by atoms with van der Waals surface area (Å²) in [6.07, 6.45) is 3.22. The number of ketones is 1. The molecule has 1 heterocycles. The second-order valence-corrected chi connectivity index (χ2v) is 12.0. The summed E-state index contributed by atoms with van der Waals surface area (Å²) in [6, 6.07) is 3.67. The number of amides is 1. The Bertz CT molecular complexity index is 1090. The van der Waals surface area contributed by atoms with Crippen LogP contribution in [0.3, 0.4) is 0 Å². The topological polar surface area (TPSA) is 86.6 Å². The Morgan fingerprint density at radius 2 is 1.74 bits per heavy atom. The van der Waals surface area contributed by atoms with E-state index in [0.29, 0.717) is 36.5 Å². The SMILES string of the molecule is Cc1cc(CCC(=O)c2sc(C)c3c2C[C@@H]2[C@H]3C2(C)C)cc(C)c1CCC(=O)NC(CO)CO. The minimum absolute atomic E-state index is 0.179. The Hall–Kier alpha value is -2.02. The normalized spacial score (nSPS) is 19.8. The van der Waals surface area contributed by atoms with Crippen LogP contribution >= 0.6 is 11.3 Å². The number of rotatable bonds is 10. The quantitative estimate of drug-likeness (QED) is 0.443. The van der Waals surface area contributed by atoms with Crippen LogP contribution in [0, 0.1) is 32.1 Å². The van der Waals surface area contributed by atoms with Gasteiger partial charge in [0.15, 0.2) is 5.78 Å². The van der Waals surface area contributed by atoms with Gasteiger partial charge in [0, 0.05) is 17.7 Å². The van der Waals surface area contributed by atoms with Gasteiger partial charge in [-0.2, -0.15) is 0 Å². The molecular formula is C28H37NO4S. The third kappa shape index (κ3) is 4.60. The van der Waals surface area contributed by atoms with E-state index in [2.05, 4.69) is 52.1 Å². The van der Waals surface area contributed by atoms with Gasteiger partial charge in [0.1, 0.15) is 0 Å². The van der Waals surface area contributed by atoms with Gasteiger partial charge in [-0.15, -0.1) is 11.3 Å². The lowest BCUT2D eigenvalue weighted by atomic mass is 9.92. The monoisotopic (exact) mass is 483 g/mol. The van der Waals surface area contributed by atoms with Crippen molar-refractivity contribution in [2.24, 2.45) is 11.3 Å². The lowest BCUT2D eigenvalue weighted by Crippen LogP contribution is -2.40. The van der Waals surface area contributed by atoms with Crippen LogP contribution in [0.4, 0.5) is 0 Å². The lowest BCUT2D eigenvalue weighted by molar-refractivity contribution is -0.122. The zero-order valence-electron chi connectivity index (χ0n) is 21.0. The molecule has 2 aromatic rings. The first-order chi connectivity index (χ1) is 16.1. The molecule has 0 saturated heterocycles. The molecule has 6 heteroatoms. The Kier molecular flexibility index (Phi) is 7.05. The van der Waals surface area contributed by atoms with Crippen LogP contribution in [0.15, 0.2) is 12.1 Å². The summed E-state index contributed by atoms with van der Waals surface area (Å²) in [5.41, 5.74) is 7.78. The van der Waals surface area contributed by atoms with Gasteiger partial charge in [-0.1, -0.05) is 26.0 Å². The van der Waals surface area contributed by atoms with Crippen molar-refractivity contribution in [3.63, 3.8) is 0 Å². The highest BCUT2D eigenvalue weighted by Crippen LogP contribution is 2.71. The number of carbonyl (C=O) groups is 2. The summed E-state index contributed by atoms with van der Waals surface area (Å²) in [4.78, 5) is 27.6. The molecule has 0 radical (unpaired) electrons. The van der Waals surface area contributed by atoms with E-state index in [9.17, 15) is 9.59 Å². The number of hydrogen-bond donors (Lipinski definition) is 3. The molecule has 1 fully saturated rings. The van der Waals surface area contributed by atoms with Crippen LogP contribution in [-0.4, -0.2) is 41.2 Å². The van der Waals surface area contributed by atoms with E-state index in [4.69, 9.17) is 10.2 Å². The summed E-state index contributed by atoms with van der Waals surface area (Å²) in [6.45, 7) is 10.4. The summed E-state index contributed by atoms with van der Waals surface area (Å²) in [5, 5.41) is 20.9. The number of Topliss-reactive ketones (excluding diaryl/α,β-unsaturated/α-hetero) is 1. The van der Waals surface area contributed by atoms with Crippen LogP contribution in [0.25, 0.3) is 0 Å². The molecule has 0 aliphatic heterocycles. The number of nitrogens with one attached hydrogen (secondary N) is 1. The van der Waals surface area contributed by atoms with Crippen LogP contribution < -0.4 is 5.32 Å². The van der Waals surface area contributed by atoms with Crippen molar-refractivity contribution >= 4 is 23.0 Å². The number of aliphatic hydroxyl groups excluding tert-OH is 2. The van der Waals surface area contributed by atoms with E-state index in [1.807, 2.05) is 0 Å². The number of hydrogen-bond acceptors (Lipinski definition) is 5. The fourth-order valence-corrected chi connectivity index (χ4v) is 7.24. The summed E-state index contributed by atoms with van der Waals surface area (Å²) < 4.78 is 0. The highest BCUT2D eigenvalue weighted by atomic mass is 32.1. The van der Waals surface area contributed by atoms with Gasteiger partial charge in [-0.3, -0.25) is 9.59 Å². The number of aliphatic hydroxyl groups is 2. The standard InChI is InChI=1S/C28H37NO4S/c1-15-10-18(11-16(2)20(15)7-9-24(33)29-19(13-30)14-31)6-8-23(32)27-21-12-22-26(28(22,4)5)25(21)17(3)34-27/h10-11,19,22,26,30-31H,6-9,12-14H2,1-5H3,(H,29,33)/t22-,26-/m1/s1. The average molecular weight is 484 g/mol. The van der Waals surface area contributed by atoms with Gasteiger partial charge in [-0.25, -0.2) is 0 Å². The average Bonchev–Trinajstić information content (AvgIpc) is 3.10. The van der Waals surface area contributed by atoms with Gasteiger partial charge in [0.25, 0.3) is 0 Å². The van der Waals surface area contributed by atoms with Crippen LogP contribution in [0.1, 0.15) is 80.5 Å². The smallest absolute Gasteiger partial charge is 0.220 e. The van der Waals surface area contributed by atoms with Gasteiger partial charge >= 0.3 is 0 Å². The fourth-order valence-electron chi connectivity index (χ4n) is 6.04. The number of benzene rings is 1. The molecule has 0 spiro atoms. The first kappa shape index (κ1) is 25.1. The molecule has 1 aromatic heterocycles. The lowest BCUT2D eigenvalue weighted by Gasteiger charge is -2.15. The minimum Gasteiger partial charge on any atom is -0.394 e. The predicted molar refractivity (Wildman–Crippen MR) is 136 cm³/mol. The van der Waals surface area contributed by atoms with Crippen molar-refractivity contribution < 1.29 is 19.8 Å². The molecule has 4 rings (SSSR count). The molecule has 2 aliphatic rings. The summed E-state index contributed by atoms with van der Waals surface area (Å²) >= 11 is 1.70. The number of fused-ring (bicyclic) bond motifs is 3. The van der Waals surface area contributed by atoms with Gasteiger partial charge in [-0.05, 0) is 90.7 Å². The van der Waals surface area contributed by atoms with E-state index >= 15 is 0 Å². The first-order valence-corrected chi connectivity index (χ1v) is 13.2. The van der Waals surface area contributed by atoms with Gasteiger partial charge in [0.05, 0.1) is 24.1 Å². The largest absolute Gasteiger partial charge is 0.394 e. The zero-order chi connectivity index (χ0) is 24.8. The van der Waals surface area contributed by atoms with Crippen LogP contribution in [-0.2, 0) is 24.1 Å². The maximum atomic E-state index is 13.2. The summed E-state index contributed by atoms with van der Waals surface area (Å²) in [7, 11) is 0. The Morgan fingerprint density at radius 1 is 1.09 bits per heavy atom. The maximum absolute atomic E-state index is 13.2. The zero-order valence-corrected chi connectivity index (χ0v) is 21.8. The second-order valence-electron chi connectivity index (χ2n) is 10.8. The molecule has 1 saturated carbocycles. The highest BCUT2D eigenvalue weighted by Gasteiger charge is 2.63. The molecule has 1 aromatic carbocycles. The van der Waals surface area contributed by atoms with Crippen molar-refractivity contribution in [1.29, 1.82) is 0 Å². The molecule has 2 atom stereocenters. The number of aryl methyl sites for hydroxylation is 4. The minimum atomic E-state index is -0.611. The number of carbonyl (C=O) groups excluding carboxylic acids is 2. The summed E-state index contributed by atoms with van der Waals surface area (Å²) in [5.74, 6) is 1.46. The maximum Gasteiger partial charge on any atom is 0.220 e.